The third-order valence-electron chi connectivity index (χ3n) is 4.44. The van der Waals surface area contributed by atoms with Crippen molar-refractivity contribution in [1.82, 2.24) is 15.2 Å². The zero-order valence-electron chi connectivity index (χ0n) is 13.3. The van der Waals surface area contributed by atoms with Crippen LogP contribution in [-0.4, -0.2) is 34.3 Å². The third-order valence-corrected chi connectivity index (χ3v) is 4.44. The van der Waals surface area contributed by atoms with Gasteiger partial charge in [-0.25, -0.2) is 9.02 Å². The Hall–Kier alpha value is -2.47. The molecule has 3 aromatic rings. The van der Waals surface area contributed by atoms with Crippen LogP contribution >= 0.6 is 0 Å². The van der Waals surface area contributed by atoms with E-state index in [1.54, 1.807) is 12.1 Å². The number of rotatable bonds is 4. The third kappa shape index (κ3) is 3.38. The van der Waals surface area contributed by atoms with E-state index in [-0.39, 0.29) is 5.82 Å². The van der Waals surface area contributed by atoms with E-state index in [1.165, 1.54) is 17.7 Å². The molecule has 1 saturated heterocycles. The van der Waals surface area contributed by atoms with Crippen LogP contribution < -0.4 is 5.32 Å². The first kappa shape index (κ1) is 15.1. The van der Waals surface area contributed by atoms with E-state index in [4.69, 9.17) is 4.63 Å². The second-order valence-electron chi connectivity index (χ2n) is 6.31. The highest BCUT2D eigenvalue weighted by atomic mass is 19.1. The van der Waals surface area contributed by atoms with Crippen LogP contribution in [0.5, 0.6) is 0 Å². The molecule has 1 atom stereocenters. The van der Waals surface area contributed by atoms with Gasteiger partial charge in [0.1, 0.15) is 16.9 Å². The van der Waals surface area contributed by atoms with Crippen molar-refractivity contribution in [2.45, 2.75) is 25.4 Å². The Labute approximate surface area is 139 Å². The lowest BCUT2D eigenvalue weighted by atomic mass is 10.0. The summed E-state index contributed by atoms with van der Waals surface area (Å²) < 4.78 is 17.8. The summed E-state index contributed by atoms with van der Waals surface area (Å²) in [4.78, 5) is 2.43. The largest absolute Gasteiger partial charge is 0.381 e. The van der Waals surface area contributed by atoms with Gasteiger partial charge in [0, 0.05) is 24.8 Å². The minimum atomic E-state index is -0.205. The fourth-order valence-corrected chi connectivity index (χ4v) is 3.28. The number of piperidine rings is 1. The molecular formula is C18H19FN4O. The van der Waals surface area contributed by atoms with E-state index in [2.05, 4.69) is 26.6 Å². The molecule has 0 saturated carbocycles. The van der Waals surface area contributed by atoms with Crippen molar-refractivity contribution in [2.24, 2.45) is 0 Å². The van der Waals surface area contributed by atoms with Gasteiger partial charge in [-0.3, -0.25) is 4.90 Å². The smallest absolute Gasteiger partial charge is 0.135 e. The van der Waals surface area contributed by atoms with Crippen LogP contribution in [0.1, 0.15) is 18.4 Å². The van der Waals surface area contributed by atoms with E-state index in [0.29, 0.717) is 6.04 Å². The van der Waals surface area contributed by atoms with E-state index < -0.39 is 0 Å². The normalized spacial score (nSPS) is 18.8. The van der Waals surface area contributed by atoms with Crippen molar-refractivity contribution in [3.05, 3.63) is 53.8 Å². The lowest BCUT2D eigenvalue weighted by molar-refractivity contribution is 0.208. The molecule has 2 aromatic carbocycles. The zero-order chi connectivity index (χ0) is 16.4. The predicted octanol–water partition coefficient (Wildman–Crippen LogP) is 3.44. The number of likely N-dealkylation sites (tertiary alicyclic amines) is 1. The average molecular weight is 326 g/mol. The van der Waals surface area contributed by atoms with Crippen LogP contribution in [0.15, 0.2) is 47.1 Å². The number of fused-ring (bicyclic) bond motifs is 1. The van der Waals surface area contributed by atoms with Gasteiger partial charge in [-0.1, -0.05) is 6.07 Å². The molecule has 1 fully saturated rings. The van der Waals surface area contributed by atoms with Gasteiger partial charge in [-0.15, -0.1) is 0 Å². The molecule has 1 unspecified atom stereocenters. The van der Waals surface area contributed by atoms with Gasteiger partial charge < -0.3 is 5.32 Å². The van der Waals surface area contributed by atoms with Crippen LogP contribution in [0.4, 0.5) is 10.1 Å². The number of anilines is 1. The number of aromatic nitrogens is 2. The van der Waals surface area contributed by atoms with Crippen LogP contribution in [0.2, 0.25) is 0 Å². The summed E-state index contributed by atoms with van der Waals surface area (Å²) >= 11 is 0. The first-order chi connectivity index (χ1) is 11.8. The molecule has 1 N–H and O–H groups in total. The monoisotopic (exact) mass is 326 g/mol. The molecule has 0 aliphatic carbocycles. The van der Waals surface area contributed by atoms with E-state index in [9.17, 15) is 4.39 Å². The summed E-state index contributed by atoms with van der Waals surface area (Å²) in [6.45, 7) is 2.92. The number of benzene rings is 2. The number of halogens is 1. The molecule has 124 valence electrons. The number of nitrogens with one attached hydrogen (secondary N) is 1. The van der Waals surface area contributed by atoms with Crippen molar-refractivity contribution in [3.8, 4) is 0 Å². The standard InChI is InChI=1S/C18H19FN4O/c19-14-4-6-15(7-5-14)20-16-2-1-9-23(12-16)11-13-3-8-17-18(10-13)22-24-21-17/h3-8,10,16,20H,1-2,9,11-12H2. The molecule has 5 nitrogen and oxygen atoms in total. The summed E-state index contributed by atoms with van der Waals surface area (Å²) in [7, 11) is 0. The quantitative estimate of drug-likeness (QED) is 0.796. The van der Waals surface area contributed by atoms with Gasteiger partial charge >= 0.3 is 0 Å². The second-order valence-corrected chi connectivity index (χ2v) is 6.31. The Morgan fingerprint density at radius 2 is 1.96 bits per heavy atom. The summed E-state index contributed by atoms with van der Waals surface area (Å²) in [6, 6.07) is 13.0. The molecule has 1 aliphatic heterocycles. The fourth-order valence-electron chi connectivity index (χ4n) is 3.28. The van der Waals surface area contributed by atoms with Crippen LogP contribution in [0, 0.1) is 5.82 Å². The van der Waals surface area contributed by atoms with Crippen LogP contribution in [0.25, 0.3) is 11.0 Å². The molecule has 0 bridgehead atoms. The molecule has 1 aliphatic rings. The molecule has 2 heterocycles. The van der Waals surface area contributed by atoms with Gasteiger partial charge in [0.15, 0.2) is 0 Å². The topological polar surface area (TPSA) is 54.2 Å². The van der Waals surface area contributed by atoms with E-state index >= 15 is 0 Å². The Bertz CT molecular complexity index is 817. The molecule has 6 heteroatoms. The Morgan fingerprint density at radius 3 is 2.83 bits per heavy atom. The van der Waals surface area contributed by atoms with Crippen molar-refractivity contribution >= 4 is 16.7 Å². The highest BCUT2D eigenvalue weighted by Gasteiger charge is 2.20. The first-order valence-electron chi connectivity index (χ1n) is 8.22. The van der Waals surface area contributed by atoms with E-state index in [0.717, 1.165) is 49.2 Å². The minimum Gasteiger partial charge on any atom is -0.381 e. The highest BCUT2D eigenvalue weighted by molar-refractivity contribution is 5.73. The molecule has 0 spiro atoms. The van der Waals surface area contributed by atoms with Gasteiger partial charge in [0.25, 0.3) is 0 Å². The van der Waals surface area contributed by atoms with Crippen LogP contribution in [-0.2, 0) is 6.54 Å². The van der Waals surface area contributed by atoms with E-state index in [1.807, 2.05) is 12.1 Å². The van der Waals surface area contributed by atoms with Crippen LogP contribution in [0.3, 0.4) is 0 Å². The summed E-state index contributed by atoms with van der Waals surface area (Å²) in [6.07, 6.45) is 2.27. The molecule has 4 rings (SSSR count). The molecule has 0 amide bonds. The fraction of sp³-hybridized carbons (Fsp3) is 0.333. The van der Waals surface area contributed by atoms with Crippen molar-refractivity contribution in [1.29, 1.82) is 0 Å². The number of hydrogen-bond donors (Lipinski definition) is 1. The maximum absolute atomic E-state index is 13.0. The van der Waals surface area contributed by atoms with Crippen molar-refractivity contribution in [3.63, 3.8) is 0 Å². The SMILES string of the molecule is Fc1ccc(NC2CCCN(Cc3ccc4nonc4c3)C2)cc1. The molecule has 24 heavy (non-hydrogen) atoms. The molecule has 1 aromatic heterocycles. The lowest BCUT2D eigenvalue weighted by Crippen LogP contribution is -2.41. The second kappa shape index (κ2) is 6.57. The van der Waals surface area contributed by atoms with Crippen molar-refractivity contribution in [2.75, 3.05) is 18.4 Å². The van der Waals surface area contributed by atoms with Gasteiger partial charge in [0.2, 0.25) is 0 Å². The Balaban J connectivity index is 1.39. The van der Waals surface area contributed by atoms with Gasteiger partial charge in [-0.05, 0) is 71.7 Å². The first-order valence-corrected chi connectivity index (χ1v) is 8.22. The Kier molecular flexibility index (Phi) is 4.13. The Morgan fingerprint density at radius 1 is 1.12 bits per heavy atom. The number of nitrogens with zero attached hydrogens (tertiary/aromatic N) is 3. The van der Waals surface area contributed by atoms with Crippen molar-refractivity contribution < 1.29 is 9.02 Å². The molecule has 0 radical (unpaired) electrons. The summed E-state index contributed by atoms with van der Waals surface area (Å²) in [5, 5.41) is 11.2. The maximum Gasteiger partial charge on any atom is 0.135 e. The highest BCUT2D eigenvalue weighted by Crippen LogP contribution is 2.19. The summed E-state index contributed by atoms with van der Waals surface area (Å²) in [5.41, 5.74) is 3.76. The lowest BCUT2D eigenvalue weighted by Gasteiger charge is -2.33. The minimum absolute atomic E-state index is 0.205. The molecular weight excluding hydrogens is 307 g/mol. The van der Waals surface area contributed by atoms with Gasteiger partial charge in [-0.2, -0.15) is 0 Å². The zero-order valence-corrected chi connectivity index (χ0v) is 13.3. The average Bonchev–Trinajstić information content (AvgIpc) is 3.05. The summed E-state index contributed by atoms with van der Waals surface area (Å²) in [5.74, 6) is -0.205. The number of hydrogen-bond acceptors (Lipinski definition) is 5. The predicted molar refractivity (Wildman–Crippen MR) is 90.1 cm³/mol. The maximum atomic E-state index is 13.0. The van der Waals surface area contributed by atoms with Gasteiger partial charge in [0.05, 0.1) is 0 Å².